The first-order chi connectivity index (χ1) is 8.34. The number of anilines is 1. The molecule has 1 N–H and O–H groups in total. The predicted molar refractivity (Wildman–Crippen MR) is 69.0 cm³/mol. The van der Waals surface area contributed by atoms with Crippen molar-refractivity contribution in [2.45, 2.75) is 32.4 Å². The highest BCUT2D eigenvalue weighted by Crippen LogP contribution is 2.36. The molecule has 1 fully saturated rings. The third kappa shape index (κ3) is 2.18. The van der Waals surface area contributed by atoms with Gasteiger partial charge in [-0.2, -0.15) is 0 Å². The highest BCUT2D eigenvalue weighted by Gasteiger charge is 2.25. The number of hydrogen-bond acceptors (Lipinski definition) is 2. The number of aromatic nitrogens is 2. The van der Waals surface area contributed by atoms with E-state index in [1.807, 2.05) is 6.20 Å². The molecule has 0 radical (unpaired) electrons. The number of rotatable bonds is 4. The maximum Gasteiger partial charge on any atom is 0.203 e. The van der Waals surface area contributed by atoms with Crippen LogP contribution in [0.25, 0.3) is 0 Å². The Balaban J connectivity index is 1.71. The molecule has 1 saturated carbocycles. The molecule has 1 aromatic carbocycles. The van der Waals surface area contributed by atoms with Crippen LogP contribution in [0.2, 0.25) is 0 Å². The topological polar surface area (TPSA) is 29.9 Å². The lowest BCUT2D eigenvalue weighted by Crippen LogP contribution is -2.07. The van der Waals surface area contributed by atoms with Crippen molar-refractivity contribution in [3.63, 3.8) is 0 Å². The van der Waals surface area contributed by atoms with Crippen LogP contribution in [-0.4, -0.2) is 9.55 Å². The maximum atomic E-state index is 4.37. The molecule has 0 amide bonds. The molecule has 0 aliphatic heterocycles. The smallest absolute Gasteiger partial charge is 0.203 e. The molecular formula is C14H17N3. The zero-order chi connectivity index (χ0) is 11.7. The predicted octanol–water partition coefficient (Wildman–Crippen LogP) is 3.14. The average Bonchev–Trinajstić information content (AvgIpc) is 3.08. The second kappa shape index (κ2) is 4.24. The first-order valence-corrected chi connectivity index (χ1v) is 6.16. The summed E-state index contributed by atoms with van der Waals surface area (Å²) in [5.41, 5.74) is 2.65. The van der Waals surface area contributed by atoms with Crippen LogP contribution in [0.1, 0.15) is 30.0 Å². The molecule has 0 saturated heterocycles. The Bertz CT molecular complexity index is 512. The Labute approximate surface area is 101 Å². The van der Waals surface area contributed by atoms with Crippen LogP contribution in [0.5, 0.6) is 0 Å². The number of nitrogens with zero attached hydrogens (tertiary/aromatic N) is 2. The second-order valence-corrected chi connectivity index (χ2v) is 4.67. The van der Waals surface area contributed by atoms with Gasteiger partial charge in [0.05, 0.1) is 0 Å². The van der Waals surface area contributed by atoms with Gasteiger partial charge in [-0.15, -0.1) is 0 Å². The third-order valence-electron chi connectivity index (χ3n) is 3.31. The summed E-state index contributed by atoms with van der Waals surface area (Å²) < 4.78 is 2.25. The number of nitrogens with one attached hydrogen (secondary N) is 1. The molecule has 88 valence electrons. The molecule has 0 spiro atoms. The quantitative estimate of drug-likeness (QED) is 0.869. The van der Waals surface area contributed by atoms with E-state index in [4.69, 9.17) is 0 Å². The van der Waals surface area contributed by atoms with Crippen molar-refractivity contribution in [1.82, 2.24) is 9.55 Å². The summed E-state index contributed by atoms with van der Waals surface area (Å²) in [4.78, 5) is 4.37. The van der Waals surface area contributed by atoms with E-state index in [1.165, 1.54) is 24.0 Å². The third-order valence-corrected chi connectivity index (χ3v) is 3.31. The summed E-state index contributed by atoms with van der Waals surface area (Å²) in [5.74, 6) is 0.996. The van der Waals surface area contributed by atoms with Crippen LogP contribution in [0.15, 0.2) is 36.7 Å². The van der Waals surface area contributed by atoms with Crippen LogP contribution in [0.3, 0.4) is 0 Å². The lowest BCUT2D eigenvalue weighted by molar-refractivity contribution is 0.743. The van der Waals surface area contributed by atoms with Crippen molar-refractivity contribution in [3.8, 4) is 0 Å². The maximum absolute atomic E-state index is 4.37. The van der Waals surface area contributed by atoms with Crippen molar-refractivity contribution >= 4 is 5.95 Å². The van der Waals surface area contributed by atoms with Crippen molar-refractivity contribution < 1.29 is 0 Å². The van der Waals surface area contributed by atoms with Gasteiger partial charge in [-0.05, 0) is 30.9 Å². The van der Waals surface area contributed by atoms with Crippen molar-refractivity contribution in [2.24, 2.45) is 0 Å². The van der Waals surface area contributed by atoms with E-state index >= 15 is 0 Å². The highest BCUT2D eigenvalue weighted by atomic mass is 15.2. The fourth-order valence-corrected chi connectivity index (χ4v) is 2.08. The van der Waals surface area contributed by atoms with Gasteiger partial charge >= 0.3 is 0 Å². The Kier molecular flexibility index (Phi) is 2.59. The summed E-state index contributed by atoms with van der Waals surface area (Å²) in [6.07, 6.45) is 6.52. The van der Waals surface area contributed by atoms with Crippen molar-refractivity contribution in [1.29, 1.82) is 0 Å². The van der Waals surface area contributed by atoms with E-state index in [0.717, 1.165) is 12.5 Å². The van der Waals surface area contributed by atoms with Crippen LogP contribution >= 0.6 is 0 Å². The van der Waals surface area contributed by atoms with E-state index in [-0.39, 0.29) is 0 Å². The SMILES string of the molecule is Cc1ccccc1CNc1nccn1C1CC1. The van der Waals surface area contributed by atoms with Gasteiger partial charge in [0.1, 0.15) is 0 Å². The minimum Gasteiger partial charge on any atom is -0.352 e. The minimum absolute atomic E-state index is 0.678. The largest absolute Gasteiger partial charge is 0.352 e. The van der Waals surface area contributed by atoms with Gasteiger partial charge in [0.15, 0.2) is 0 Å². The number of imidazole rings is 1. The highest BCUT2D eigenvalue weighted by molar-refractivity contribution is 5.33. The Morgan fingerprint density at radius 2 is 2.18 bits per heavy atom. The van der Waals surface area contributed by atoms with E-state index < -0.39 is 0 Å². The average molecular weight is 227 g/mol. The number of hydrogen-bond donors (Lipinski definition) is 1. The van der Waals surface area contributed by atoms with Crippen LogP contribution in [0.4, 0.5) is 5.95 Å². The Hall–Kier alpha value is -1.77. The summed E-state index contributed by atoms with van der Waals surface area (Å²) in [6.45, 7) is 2.99. The van der Waals surface area contributed by atoms with E-state index in [0.29, 0.717) is 6.04 Å². The fourth-order valence-electron chi connectivity index (χ4n) is 2.08. The van der Waals surface area contributed by atoms with Crippen LogP contribution in [-0.2, 0) is 6.54 Å². The van der Waals surface area contributed by atoms with E-state index in [9.17, 15) is 0 Å². The van der Waals surface area contributed by atoms with Crippen molar-refractivity contribution in [3.05, 3.63) is 47.8 Å². The first kappa shape index (κ1) is 10.4. The molecule has 2 aromatic rings. The zero-order valence-electron chi connectivity index (χ0n) is 10.1. The molecule has 0 bridgehead atoms. The molecule has 1 aliphatic rings. The van der Waals surface area contributed by atoms with Gasteiger partial charge in [0, 0.05) is 25.0 Å². The zero-order valence-corrected chi connectivity index (χ0v) is 10.1. The number of aryl methyl sites for hydroxylation is 1. The van der Waals surface area contributed by atoms with Crippen molar-refractivity contribution in [2.75, 3.05) is 5.32 Å². The molecule has 17 heavy (non-hydrogen) atoms. The molecule has 0 unspecified atom stereocenters. The van der Waals surface area contributed by atoms with Gasteiger partial charge in [0.25, 0.3) is 0 Å². The van der Waals surface area contributed by atoms with Gasteiger partial charge in [-0.1, -0.05) is 24.3 Å². The summed E-state index contributed by atoms with van der Waals surface area (Å²) >= 11 is 0. The van der Waals surface area contributed by atoms with E-state index in [2.05, 4.69) is 52.3 Å². The first-order valence-electron chi connectivity index (χ1n) is 6.16. The normalized spacial score (nSPS) is 14.9. The minimum atomic E-state index is 0.678. The lowest BCUT2D eigenvalue weighted by atomic mass is 10.1. The Morgan fingerprint density at radius 3 is 2.94 bits per heavy atom. The standard InChI is InChI=1S/C14H17N3/c1-11-4-2-3-5-12(11)10-16-14-15-8-9-17(14)13-6-7-13/h2-5,8-9,13H,6-7,10H2,1H3,(H,15,16). The molecule has 0 atom stereocenters. The van der Waals surface area contributed by atoms with Gasteiger partial charge < -0.3 is 9.88 Å². The summed E-state index contributed by atoms with van der Waals surface area (Å²) in [6, 6.07) is 9.13. The van der Waals surface area contributed by atoms with E-state index in [1.54, 1.807) is 0 Å². The molecule has 3 nitrogen and oxygen atoms in total. The molecular weight excluding hydrogens is 210 g/mol. The second-order valence-electron chi connectivity index (χ2n) is 4.67. The van der Waals surface area contributed by atoms with Gasteiger partial charge in [0.2, 0.25) is 5.95 Å². The lowest BCUT2D eigenvalue weighted by Gasteiger charge is -2.10. The molecule has 3 rings (SSSR count). The fraction of sp³-hybridized carbons (Fsp3) is 0.357. The van der Waals surface area contributed by atoms with Gasteiger partial charge in [-0.3, -0.25) is 0 Å². The Morgan fingerprint density at radius 1 is 1.35 bits per heavy atom. The van der Waals surface area contributed by atoms with Crippen LogP contribution in [0, 0.1) is 6.92 Å². The molecule has 1 heterocycles. The van der Waals surface area contributed by atoms with Gasteiger partial charge in [-0.25, -0.2) is 4.98 Å². The summed E-state index contributed by atoms with van der Waals surface area (Å²) in [5, 5.41) is 3.42. The summed E-state index contributed by atoms with van der Waals surface area (Å²) in [7, 11) is 0. The van der Waals surface area contributed by atoms with Crippen LogP contribution < -0.4 is 5.32 Å². The molecule has 1 aliphatic carbocycles. The monoisotopic (exact) mass is 227 g/mol. The molecule has 1 aromatic heterocycles. The molecule has 3 heteroatoms. The number of benzene rings is 1.